The Balaban J connectivity index is 1.60. The molecule has 1 aliphatic heterocycles. The topological polar surface area (TPSA) is 75.9 Å². The quantitative estimate of drug-likeness (QED) is 0.675. The zero-order valence-corrected chi connectivity index (χ0v) is 16.5. The van der Waals surface area contributed by atoms with Crippen LogP contribution < -0.4 is 5.32 Å². The van der Waals surface area contributed by atoms with E-state index in [0.29, 0.717) is 23.9 Å². The first-order valence-electron chi connectivity index (χ1n) is 8.82. The molecule has 3 heterocycles. The molecule has 0 aliphatic carbocycles. The van der Waals surface area contributed by atoms with Gasteiger partial charge in [0.1, 0.15) is 23.7 Å². The number of pyridine rings is 1. The second-order valence-electron chi connectivity index (χ2n) is 6.83. The van der Waals surface area contributed by atoms with Crippen molar-refractivity contribution >= 4 is 23.7 Å². The minimum atomic E-state index is -0.539. The van der Waals surface area contributed by atoms with Gasteiger partial charge in [-0.1, -0.05) is 6.07 Å². The Labute approximate surface area is 166 Å². The van der Waals surface area contributed by atoms with Crippen LogP contribution in [0.2, 0.25) is 0 Å². The summed E-state index contributed by atoms with van der Waals surface area (Å²) in [5.74, 6) is -0.145. The van der Waals surface area contributed by atoms with Crippen LogP contribution in [0.3, 0.4) is 0 Å². The van der Waals surface area contributed by atoms with E-state index >= 15 is 0 Å². The van der Waals surface area contributed by atoms with Crippen LogP contribution in [0.4, 0.5) is 10.2 Å². The van der Waals surface area contributed by atoms with Gasteiger partial charge in [-0.2, -0.15) is 0 Å². The van der Waals surface area contributed by atoms with Crippen molar-refractivity contribution in [3.63, 3.8) is 0 Å². The van der Waals surface area contributed by atoms with Gasteiger partial charge < -0.3 is 9.88 Å². The minimum Gasteiger partial charge on any atom is -0.310 e. The standard InChI is InChI=1S/C19H19FN6OS/c1-11(2)26-10-21-24-18(26)15-5-4-6-17(22-15)23-19(27)13-8-16-12(7-14(13)20)9-25(3)28-16/h4-8,10-11H,9H2,1-3H3,(H,22,23,27). The number of aromatic nitrogens is 4. The van der Waals surface area contributed by atoms with E-state index in [9.17, 15) is 9.18 Å². The summed E-state index contributed by atoms with van der Waals surface area (Å²) in [6.45, 7) is 4.69. The Kier molecular flexibility index (Phi) is 4.86. The molecule has 0 radical (unpaired) electrons. The van der Waals surface area contributed by atoms with Crippen molar-refractivity contribution in [2.75, 3.05) is 12.4 Å². The zero-order chi connectivity index (χ0) is 19.8. The summed E-state index contributed by atoms with van der Waals surface area (Å²) >= 11 is 1.50. The minimum absolute atomic E-state index is 0.000833. The summed E-state index contributed by atoms with van der Waals surface area (Å²) in [5.41, 5.74) is 1.46. The molecule has 1 aliphatic rings. The van der Waals surface area contributed by atoms with E-state index < -0.39 is 11.7 Å². The third-order valence-electron chi connectivity index (χ3n) is 4.39. The fraction of sp³-hybridized carbons (Fsp3) is 0.263. The van der Waals surface area contributed by atoms with Gasteiger partial charge in [-0.15, -0.1) is 10.2 Å². The number of fused-ring (bicyclic) bond motifs is 1. The number of benzene rings is 1. The van der Waals surface area contributed by atoms with Gasteiger partial charge in [0.2, 0.25) is 0 Å². The monoisotopic (exact) mass is 398 g/mol. The van der Waals surface area contributed by atoms with Gasteiger partial charge in [0.25, 0.3) is 5.91 Å². The maximum absolute atomic E-state index is 14.4. The van der Waals surface area contributed by atoms with Gasteiger partial charge in [0.15, 0.2) is 5.82 Å². The fourth-order valence-electron chi connectivity index (χ4n) is 3.03. The van der Waals surface area contributed by atoms with Crippen molar-refractivity contribution in [3.8, 4) is 11.5 Å². The second kappa shape index (κ2) is 7.33. The lowest BCUT2D eigenvalue weighted by atomic mass is 10.1. The molecule has 0 fully saturated rings. The summed E-state index contributed by atoms with van der Waals surface area (Å²) < 4.78 is 18.3. The molecule has 1 amide bonds. The average molecular weight is 398 g/mol. The first-order chi connectivity index (χ1) is 13.4. The lowest BCUT2D eigenvalue weighted by molar-refractivity contribution is 0.102. The third-order valence-corrected chi connectivity index (χ3v) is 5.41. The van der Waals surface area contributed by atoms with Crippen LogP contribution >= 0.6 is 11.9 Å². The van der Waals surface area contributed by atoms with Crippen molar-refractivity contribution in [2.45, 2.75) is 31.3 Å². The average Bonchev–Trinajstić information content (AvgIpc) is 3.26. The Morgan fingerprint density at radius 3 is 2.93 bits per heavy atom. The van der Waals surface area contributed by atoms with Gasteiger partial charge in [0.05, 0.1) is 5.56 Å². The molecule has 28 heavy (non-hydrogen) atoms. The summed E-state index contributed by atoms with van der Waals surface area (Å²) in [6.07, 6.45) is 1.64. The van der Waals surface area contributed by atoms with E-state index in [1.165, 1.54) is 18.0 Å². The van der Waals surface area contributed by atoms with Crippen molar-refractivity contribution < 1.29 is 9.18 Å². The predicted molar refractivity (Wildman–Crippen MR) is 105 cm³/mol. The molecule has 0 atom stereocenters. The maximum Gasteiger partial charge on any atom is 0.259 e. The van der Waals surface area contributed by atoms with Gasteiger partial charge in [-0.3, -0.25) is 4.79 Å². The van der Waals surface area contributed by atoms with Crippen LogP contribution in [0, 0.1) is 5.82 Å². The van der Waals surface area contributed by atoms with Crippen LogP contribution in [0.25, 0.3) is 11.5 Å². The van der Waals surface area contributed by atoms with Crippen LogP contribution in [-0.2, 0) is 6.54 Å². The molecule has 7 nitrogen and oxygen atoms in total. The lowest BCUT2D eigenvalue weighted by Gasteiger charge is -2.11. The fourth-order valence-corrected chi connectivity index (χ4v) is 3.98. The number of nitrogens with one attached hydrogen (secondary N) is 1. The molecular formula is C19H19FN6OS. The van der Waals surface area contributed by atoms with E-state index in [2.05, 4.69) is 20.5 Å². The summed E-state index contributed by atoms with van der Waals surface area (Å²) in [4.78, 5) is 18.0. The highest BCUT2D eigenvalue weighted by atomic mass is 32.2. The molecule has 0 bridgehead atoms. The van der Waals surface area contributed by atoms with E-state index in [1.807, 2.05) is 29.8 Å². The molecule has 9 heteroatoms. The lowest BCUT2D eigenvalue weighted by Crippen LogP contribution is -2.15. The van der Waals surface area contributed by atoms with Gasteiger partial charge in [-0.05, 0) is 62.7 Å². The highest BCUT2D eigenvalue weighted by Gasteiger charge is 2.22. The number of halogens is 1. The highest BCUT2D eigenvalue weighted by molar-refractivity contribution is 7.97. The first kappa shape index (κ1) is 18.6. The molecule has 1 N–H and O–H groups in total. The zero-order valence-electron chi connectivity index (χ0n) is 15.7. The summed E-state index contributed by atoms with van der Waals surface area (Å²) in [5, 5.41) is 10.7. The summed E-state index contributed by atoms with van der Waals surface area (Å²) in [6, 6.07) is 8.40. The van der Waals surface area contributed by atoms with Crippen molar-refractivity contribution in [1.82, 2.24) is 24.1 Å². The molecule has 2 aromatic heterocycles. The van der Waals surface area contributed by atoms with Crippen LogP contribution in [0.1, 0.15) is 35.8 Å². The van der Waals surface area contributed by atoms with Crippen LogP contribution in [0.5, 0.6) is 0 Å². The first-order valence-corrected chi connectivity index (χ1v) is 9.59. The number of nitrogens with zero attached hydrogens (tertiary/aromatic N) is 5. The molecule has 3 aromatic rings. The number of anilines is 1. The number of hydrogen-bond donors (Lipinski definition) is 1. The number of rotatable bonds is 4. The third kappa shape index (κ3) is 3.50. The molecule has 144 valence electrons. The maximum atomic E-state index is 14.4. The molecule has 0 saturated carbocycles. The van der Waals surface area contributed by atoms with E-state index in [0.717, 1.165) is 10.5 Å². The number of hydrogen-bond acceptors (Lipinski definition) is 6. The Bertz CT molecular complexity index is 1050. The molecule has 0 saturated heterocycles. The molecule has 0 spiro atoms. The van der Waals surface area contributed by atoms with Gasteiger partial charge in [-0.25, -0.2) is 13.7 Å². The van der Waals surface area contributed by atoms with Crippen molar-refractivity contribution in [1.29, 1.82) is 0 Å². The van der Waals surface area contributed by atoms with Gasteiger partial charge in [0, 0.05) is 17.5 Å². The number of carbonyl (C=O) groups excluding carboxylic acids is 1. The Hall–Kier alpha value is -2.78. The van der Waals surface area contributed by atoms with Gasteiger partial charge >= 0.3 is 0 Å². The predicted octanol–water partition coefficient (Wildman–Crippen LogP) is 3.76. The Morgan fingerprint density at radius 1 is 1.32 bits per heavy atom. The van der Waals surface area contributed by atoms with E-state index in [-0.39, 0.29) is 11.6 Å². The second-order valence-corrected chi connectivity index (χ2v) is 8.08. The smallest absolute Gasteiger partial charge is 0.259 e. The van der Waals surface area contributed by atoms with Crippen molar-refractivity contribution in [3.05, 3.63) is 53.6 Å². The van der Waals surface area contributed by atoms with Crippen LogP contribution in [0.15, 0.2) is 41.6 Å². The number of carbonyl (C=O) groups is 1. The normalized spacial score (nSPS) is 13.8. The number of amides is 1. The summed E-state index contributed by atoms with van der Waals surface area (Å²) in [7, 11) is 1.92. The Morgan fingerprint density at radius 2 is 2.14 bits per heavy atom. The SMILES string of the molecule is CC(C)n1cnnc1-c1cccc(NC(=O)c2cc3c(cc2F)CN(C)S3)n1. The van der Waals surface area contributed by atoms with E-state index in [1.54, 1.807) is 30.6 Å². The van der Waals surface area contributed by atoms with E-state index in [4.69, 9.17) is 0 Å². The van der Waals surface area contributed by atoms with Crippen LogP contribution in [-0.4, -0.2) is 37.0 Å². The van der Waals surface area contributed by atoms with Crippen molar-refractivity contribution in [2.24, 2.45) is 0 Å². The molecule has 0 unspecified atom stereocenters. The highest BCUT2D eigenvalue weighted by Crippen LogP contribution is 2.36. The molecule has 4 rings (SSSR count). The largest absolute Gasteiger partial charge is 0.310 e. The molecular weight excluding hydrogens is 379 g/mol. The molecule has 1 aromatic carbocycles.